The quantitative estimate of drug-likeness (QED) is 0.580. The number of hydrogen-bond acceptors (Lipinski definition) is 0. The van der Waals surface area contributed by atoms with E-state index in [9.17, 15) is 0 Å². The van der Waals surface area contributed by atoms with Gasteiger partial charge >= 0.3 is 0 Å². The van der Waals surface area contributed by atoms with Gasteiger partial charge in [-0.1, -0.05) is 81.1 Å². The van der Waals surface area contributed by atoms with Crippen molar-refractivity contribution < 1.29 is 0 Å². The minimum atomic E-state index is 0.475. The van der Waals surface area contributed by atoms with Crippen LogP contribution in [-0.2, 0) is 32.1 Å². The molecular weight excluding hydrogens is 324 g/mol. The van der Waals surface area contributed by atoms with Crippen molar-refractivity contribution in [2.75, 3.05) is 0 Å². The van der Waals surface area contributed by atoms with Gasteiger partial charge in [0, 0.05) is 0 Å². The van der Waals surface area contributed by atoms with Crippen molar-refractivity contribution in [2.24, 2.45) is 11.8 Å². The van der Waals surface area contributed by atoms with E-state index in [2.05, 4.69) is 81.1 Å². The number of rotatable bonds is 5. The summed E-state index contributed by atoms with van der Waals surface area (Å²) in [6.07, 6.45) is 12.7. The van der Waals surface area contributed by atoms with Gasteiger partial charge in [0.15, 0.2) is 0 Å². The Hall–Kier alpha value is -2.34. The fraction of sp³-hybridized carbons (Fsp3) is 0.333. The van der Waals surface area contributed by atoms with Crippen molar-refractivity contribution >= 4 is 0 Å². The highest BCUT2D eigenvalue weighted by Gasteiger charge is 2.25. The van der Waals surface area contributed by atoms with Gasteiger partial charge in [-0.25, -0.2) is 0 Å². The first-order valence-electron chi connectivity index (χ1n) is 10.4. The molecule has 2 aliphatic rings. The van der Waals surface area contributed by atoms with E-state index in [-0.39, 0.29) is 0 Å². The Morgan fingerprint density at radius 3 is 2.26 bits per heavy atom. The van der Waals surface area contributed by atoms with E-state index >= 15 is 0 Å². The molecule has 0 heteroatoms. The van der Waals surface area contributed by atoms with E-state index in [0.29, 0.717) is 11.8 Å². The average molecular weight is 355 g/mol. The highest BCUT2D eigenvalue weighted by Crippen LogP contribution is 2.35. The molecule has 2 aromatic carbocycles. The molecule has 0 saturated heterocycles. The summed E-state index contributed by atoms with van der Waals surface area (Å²) in [6.45, 7) is 8.59. The van der Waals surface area contributed by atoms with Crippen LogP contribution in [0.5, 0.6) is 0 Å². The number of hydrogen-bond donors (Lipinski definition) is 0. The molecule has 0 spiro atoms. The predicted molar refractivity (Wildman–Crippen MR) is 116 cm³/mol. The normalized spacial score (nSPS) is 21.3. The second-order valence-corrected chi connectivity index (χ2v) is 8.24. The van der Waals surface area contributed by atoms with E-state index in [1.807, 2.05) is 0 Å². The van der Waals surface area contributed by atoms with Crippen LogP contribution in [0, 0.1) is 11.8 Å². The fourth-order valence-electron chi connectivity index (χ4n) is 4.37. The summed E-state index contributed by atoms with van der Waals surface area (Å²) >= 11 is 0. The largest absolute Gasteiger partial charge is 0.0952 e. The Morgan fingerprint density at radius 2 is 1.52 bits per heavy atom. The molecule has 2 atom stereocenters. The summed E-state index contributed by atoms with van der Waals surface area (Å²) in [6, 6.07) is 16.3. The first-order chi connectivity index (χ1) is 13.1. The van der Waals surface area contributed by atoms with Gasteiger partial charge in [-0.3, -0.25) is 0 Å². The molecule has 0 bridgehead atoms. The second kappa shape index (κ2) is 7.72. The minimum absolute atomic E-state index is 0.475. The van der Waals surface area contributed by atoms with Crippen LogP contribution in [0.2, 0.25) is 0 Å². The lowest BCUT2D eigenvalue weighted by Crippen LogP contribution is -2.08. The van der Waals surface area contributed by atoms with Crippen LogP contribution < -0.4 is 0 Å². The van der Waals surface area contributed by atoms with Crippen LogP contribution in [0.25, 0.3) is 0 Å². The zero-order chi connectivity index (χ0) is 18.8. The van der Waals surface area contributed by atoms with Crippen LogP contribution in [0.15, 0.2) is 78.4 Å². The van der Waals surface area contributed by atoms with Crippen molar-refractivity contribution in [3.63, 3.8) is 0 Å². The molecule has 4 rings (SSSR count). The number of allylic oxidation sites excluding steroid dienone is 5. The highest BCUT2D eigenvalue weighted by atomic mass is 14.3. The van der Waals surface area contributed by atoms with E-state index in [1.165, 1.54) is 40.7 Å². The molecule has 2 aromatic rings. The topological polar surface area (TPSA) is 0 Å². The van der Waals surface area contributed by atoms with Crippen molar-refractivity contribution in [3.8, 4) is 0 Å². The number of aryl methyl sites for hydroxylation is 3. The highest BCUT2D eigenvalue weighted by molar-refractivity contribution is 5.44. The Morgan fingerprint density at radius 1 is 0.852 bits per heavy atom. The van der Waals surface area contributed by atoms with Crippen LogP contribution >= 0.6 is 0 Å². The average Bonchev–Trinajstić information content (AvgIpc) is 3.12. The lowest BCUT2D eigenvalue weighted by atomic mass is 9.86. The van der Waals surface area contributed by atoms with E-state index < -0.39 is 0 Å². The van der Waals surface area contributed by atoms with Crippen LogP contribution in [-0.4, -0.2) is 0 Å². The second-order valence-electron chi connectivity index (χ2n) is 8.24. The maximum absolute atomic E-state index is 4.13. The minimum Gasteiger partial charge on any atom is -0.0952 e. The van der Waals surface area contributed by atoms with Crippen molar-refractivity contribution in [3.05, 3.63) is 106 Å². The Balaban J connectivity index is 1.41. The standard InChI is InChI=1S/C27H30/c1-4-21-6-8-22(9-7-21)10-11-23-12-14-25-17-27(18-26(25)16-23)24-13-5-19(2)20(3)15-24/h5-9,12-16,20,27H,2,4,10-11,17-18H2,1,3H3. The zero-order valence-electron chi connectivity index (χ0n) is 16.7. The molecule has 0 heterocycles. The lowest BCUT2D eigenvalue weighted by Gasteiger charge is -2.19. The zero-order valence-corrected chi connectivity index (χ0v) is 16.7. The number of benzene rings is 2. The third kappa shape index (κ3) is 4.00. The van der Waals surface area contributed by atoms with Gasteiger partial charge in [-0.15, -0.1) is 0 Å². The predicted octanol–water partition coefficient (Wildman–Crippen LogP) is 6.44. The molecule has 2 unspecified atom stereocenters. The first kappa shape index (κ1) is 18.0. The van der Waals surface area contributed by atoms with Gasteiger partial charge in [0.25, 0.3) is 0 Å². The molecule has 0 radical (unpaired) electrons. The Kier molecular flexibility index (Phi) is 5.16. The van der Waals surface area contributed by atoms with Gasteiger partial charge in [0.1, 0.15) is 0 Å². The van der Waals surface area contributed by atoms with Gasteiger partial charge in [0.05, 0.1) is 0 Å². The smallest absolute Gasteiger partial charge is 0.00104 e. The molecule has 0 N–H and O–H groups in total. The van der Waals surface area contributed by atoms with Gasteiger partial charge in [-0.05, 0) is 82.9 Å². The molecular formula is C27H30. The molecule has 2 aliphatic carbocycles. The van der Waals surface area contributed by atoms with E-state index in [0.717, 1.165) is 19.3 Å². The summed E-state index contributed by atoms with van der Waals surface area (Å²) in [5.74, 6) is 1.12. The Labute approximate surface area is 164 Å². The molecule has 0 nitrogen and oxygen atoms in total. The Bertz CT molecular complexity index is 892. The monoisotopic (exact) mass is 354 g/mol. The van der Waals surface area contributed by atoms with Crippen LogP contribution in [0.4, 0.5) is 0 Å². The number of fused-ring (bicyclic) bond motifs is 1. The summed E-state index contributed by atoms with van der Waals surface area (Å²) in [4.78, 5) is 0. The van der Waals surface area contributed by atoms with E-state index in [4.69, 9.17) is 0 Å². The maximum atomic E-state index is 4.13. The van der Waals surface area contributed by atoms with Crippen molar-refractivity contribution in [1.82, 2.24) is 0 Å². The first-order valence-corrected chi connectivity index (χ1v) is 10.4. The molecule has 0 fully saturated rings. The summed E-state index contributed by atoms with van der Waals surface area (Å²) in [7, 11) is 0. The van der Waals surface area contributed by atoms with Gasteiger partial charge < -0.3 is 0 Å². The maximum Gasteiger partial charge on any atom is -0.00104 e. The van der Waals surface area contributed by atoms with E-state index in [1.54, 1.807) is 11.1 Å². The lowest BCUT2D eigenvalue weighted by molar-refractivity contribution is 0.659. The van der Waals surface area contributed by atoms with Crippen molar-refractivity contribution in [1.29, 1.82) is 0 Å². The van der Waals surface area contributed by atoms with Crippen LogP contribution in [0.1, 0.15) is 41.7 Å². The summed E-state index contributed by atoms with van der Waals surface area (Å²) in [5.41, 5.74) is 10.2. The molecule has 0 saturated carbocycles. The molecule has 0 amide bonds. The van der Waals surface area contributed by atoms with Crippen LogP contribution in [0.3, 0.4) is 0 Å². The van der Waals surface area contributed by atoms with Crippen molar-refractivity contribution in [2.45, 2.75) is 46.0 Å². The fourth-order valence-corrected chi connectivity index (χ4v) is 4.37. The molecule has 0 aromatic heterocycles. The summed E-state index contributed by atoms with van der Waals surface area (Å²) < 4.78 is 0. The van der Waals surface area contributed by atoms with Gasteiger partial charge in [-0.2, -0.15) is 0 Å². The third-order valence-corrected chi connectivity index (χ3v) is 6.33. The molecule has 27 heavy (non-hydrogen) atoms. The third-order valence-electron chi connectivity index (χ3n) is 6.33. The molecule has 0 aliphatic heterocycles. The van der Waals surface area contributed by atoms with Gasteiger partial charge in [0.2, 0.25) is 0 Å². The SMILES string of the molecule is C=C1C=CC(C2Cc3ccc(CCc4ccc(CC)cc4)cc3C2)=CC1C. The summed E-state index contributed by atoms with van der Waals surface area (Å²) in [5, 5.41) is 0. The molecule has 138 valence electrons.